The number of nitrogens with one attached hydrogen (secondary N) is 1. The topological polar surface area (TPSA) is 41.1 Å². The van der Waals surface area contributed by atoms with Crippen molar-refractivity contribution in [1.29, 1.82) is 0 Å². The molecule has 1 saturated heterocycles. The standard InChI is InChI=1S/C10H17ClN4S/c11-9-10(14-16-13-9)12-5-8-15-6-3-1-2-4-7-15/h1-8H2,(H,12,14). The summed E-state index contributed by atoms with van der Waals surface area (Å²) in [7, 11) is 0. The van der Waals surface area contributed by atoms with Crippen LogP contribution in [0.2, 0.25) is 5.15 Å². The van der Waals surface area contributed by atoms with Gasteiger partial charge in [0, 0.05) is 13.1 Å². The van der Waals surface area contributed by atoms with Crippen LogP contribution in [0.15, 0.2) is 0 Å². The summed E-state index contributed by atoms with van der Waals surface area (Å²) in [6, 6.07) is 0. The minimum absolute atomic E-state index is 0.487. The van der Waals surface area contributed by atoms with Crippen molar-refractivity contribution in [1.82, 2.24) is 13.6 Å². The monoisotopic (exact) mass is 260 g/mol. The second kappa shape index (κ2) is 6.37. The lowest BCUT2D eigenvalue weighted by Crippen LogP contribution is -2.30. The molecule has 0 amide bonds. The van der Waals surface area contributed by atoms with Crippen LogP contribution < -0.4 is 5.32 Å². The van der Waals surface area contributed by atoms with Crippen molar-refractivity contribution in [3.8, 4) is 0 Å². The maximum atomic E-state index is 5.85. The van der Waals surface area contributed by atoms with E-state index in [0.717, 1.165) is 30.6 Å². The maximum Gasteiger partial charge on any atom is 0.186 e. The third kappa shape index (κ3) is 3.57. The number of hydrogen-bond donors (Lipinski definition) is 1. The molecule has 2 heterocycles. The second-order valence-corrected chi connectivity index (χ2v) is 4.97. The molecule has 90 valence electrons. The Balaban J connectivity index is 1.69. The third-order valence-electron chi connectivity index (χ3n) is 2.87. The van der Waals surface area contributed by atoms with E-state index in [1.165, 1.54) is 38.8 Å². The summed E-state index contributed by atoms with van der Waals surface area (Å²) in [5, 5.41) is 3.71. The van der Waals surface area contributed by atoms with Crippen molar-refractivity contribution in [2.75, 3.05) is 31.5 Å². The van der Waals surface area contributed by atoms with Gasteiger partial charge in [-0.25, -0.2) is 0 Å². The first-order chi connectivity index (χ1) is 7.86. The Bertz CT molecular complexity index is 310. The molecule has 0 atom stereocenters. The van der Waals surface area contributed by atoms with E-state index >= 15 is 0 Å². The van der Waals surface area contributed by atoms with E-state index in [0.29, 0.717) is 5.15 Å². The largest absolute Gasteiger partial charge is 0.365 e. The van der Waals surface area contributed by atoms with Crippen LogP contribution in [-0.2, 0) is 0 Å². The van der Waals surface area contributed by atoms with Gasteiger partial charge in [0.15, 0.2) is 11.0 Å². The van der Waals surface area contributed by atoms with Crippen LogP contribution in [0.1, 0.15) is 25.7 Å². The lowest BCUT2D eigenvalue weighted by molar-refractivity contribution is 0.296. The quantitative estimate of drug-likeness (QED) is 0.903. The molecule has 1 aromatic rings. The molecule has 6 heteroatoms. The predicted molar refractivity (Wildman–Crippen MR) is 68.3 cm³/mol. The number of aromatic nitrogens is 2. The molecule has 0 aliphatic carbocycles. The fraction of sp³-hybridized carbons (Fsp3) is 0.800. The molecule has 0 bridgehead atoms. The first kappa shape index (κ1) is 12.1. The maximum absolute atomic E-state index is 5.85. The van der Waals surface area contributed by atoms with Crippen molar-refractivity contribution in [2.24, 2.45) is 0 Å². The first-order valence-corrected chi connectivity index (χ1v) is 6.91. The van der Waals surface area contributed by atoms with E-state index in [-0.39, 0.29) is 0 Å². The number of likely N-dealkylation sites (tertiary alicyclic amines) is 1. The lowest BCUT2D eigenvalue weighted by atomic mass is 10.2. The number of nitrogens with zero attached hydrogens (tertiary/aromatic N) is 3. The fourth-order valence-corrected chi connectivity index (χ4v) is 2.66. The normalized spacial score (nSPS) is 18.3. The molecule has 0 saturated carbocycles. The van der Waals surface area contributed by atoms with Crippen LogP contribution in [0.3, 0.4) is 0 Å². The third-order valence-corrected chi connectivity index (χ3v) is 3.76. The molecule has 0 unspecified atom stereocenters. The highest BCUT2D eigenvalue weighted by Gasteiger charge is 2.09. The van der Waals surface area contributed by atoms with E-state index in [4.69, 9.17) is 11.6 Å². The molecule has 0 radical (unpaired) electrons. The van der Waals surface area contributed by atoms with Gasteiger partial charge in [-0.2, -0.15) is 8.75 Å². The predicted octanol–water partition coefficient (Wildman–Crippen LogP) is 2.48. The Hall–Kier alpha value is -0.390. The molecule has 0 aromatic carbocycles. The summed E-state index contributed by atoms with van der Waals surface area (Å²) in [6.45, 7) is 4.41. The molecule has 2 rings (SSSR count). The van der Waals surface area contributed by atoms with Gasteiger partial charge in [0.25, 0.3) is 0 Å². The minimum atomic E-state index is 0.487. The molecule has 16 heavy (non-hydrogen) atoms. The van der Waals surface area contributed by atoms with E-state index in [1.807, 2.05) is 0 Å². The van der Waals surface area contributed by atoms with E-state index in [9.17, 15) is 0 Å². The van der Waals surface area contributed by atoms with Gasteiger partial charge >= 0.3 is 0 Å². The molecule has 1 aliphatic heterocycles. The average Bonchev–Trinajstić information content (AvgIpc) is 2.55. The second-order valence-electron chi connectivity index (χ2n) is 4.09. The molecule has 0 spiro atoms. The number of anilines is 1. The molecule has 1 fully saturated rings. The summed E-state index contributed by atoms with van der Waals surface area (Å²) < 4.78 is 8.00. The number of rotatable bonds is 4. The zero-order valence-electron chi connectivity index (χ0n) is 9.28. The Morgan fingerprint density at radius 3 is 2.56 bits per heavy atom. The summed E-state index contributed by atoms with van der Waals surface area (Å²) >= 11 is 7.00. The van der Waals surface area contributed by atoms with Gasteiger partial charge in [0.05, 0.1) is 11.7 Å². The SMILES string of the molecule is Clc1nsnc1NCCN1CCCCCC1. The van der Waals surface area contributed by atoms with Gasteiger partial charge in [-0.15, -0.1) is 0 Å². The molecule has 1 aliphatic rings. The van der Waals surface area contributed by atoms with Crippen molar-refractivity contribution >= 4 is 29.1 Å². The first-order valence-electron chi connectivity index (χ1n) is 5.80. The van der Waals surface area contributed by atoms with E-state index in [2.05, 4.69) is 19.0 Å². The molecular weight excluding hydrogens is 244 g/mol. The summed E-state index contributed by atoms with van der Waals surface area (Å²) in [5.41, 5.74) is 0. The zero-order chi connectivity index (χ0) is 11.2. The highest BCUT2D eigenvalue weighted by atomic mass is 35.5. The highest BCUT2D eigenvalue weighted by molar-refractivity contribution is 6.99. The van der Waals surface area contributed by atoms with Crippen LogP contribution in [0.25, 0.3) is 0 Å². The van der Waals surface area contributed by atoms with Gasteiger partial charge in [-0.1, -0.05) is 24.4 Å². The van der Waals surface area contributed by atoms with Gasteiger partial charge in [0.2, 0.25) is 0 Å². The Kier molecular flexibility index (Phi) is 4.81. The number of hydrogen-bond acceptors (Lipinski definition) is 5. The smallest absolute Gasteiger partial charge is 0.186 e. The van der Waals surface area contributed by atoms with Gasteiger partial charge in [-0.3, -0.25) is 0 Å². The van der Waals surface area contributed by atoms with Gasteiger partial charge in [0.1, 0.15) is 0 Å². The lowest BCUT2D eigenvalue weighted by Gasteiger charge is -2.19. The van der Waals surface area contributed by atoms with Crippen LogP contribution >= 0.6 is 23.3 Å². The van der Waals surface area contributed by atoms with Gasteiger partial charge < -0.3 is 10.2 Å². The Morgan fingerprint density at radius 1 is 1.19 bits per heavy atom. The van der Waals surface area contributed by atoms with E-state index < -0.39 is 0 Å². The van der Waals surface area contributed by atoms with Crippen molar-refractivity contribution in [3.05, 3.63) is 5.15 Å². The fourth-order valence-electron chi connectivity index (χ4n) is 1.98. The van der Waals surface area contributed by atoms with Crippen LogP contribution in [0.5, 0.6) is 0 Å². The molecular formula is C10H17ClN4S. The molecule has 4 nitrogen and oxygen atoms in total. The number of halogens is 1. The average molecular weight is 261 g/mol. The van der Waals surface area contributed by atoms with Crippen molar-refractivity contribution in [3.63, 3.8) is 0 Å². The molecule has 1 aromatic heterocycles. The minimum Gasteiger partial charge on any atom is -0.365 e. The summed E-state index contributed by atoms with van der Waals surface area (Å²) in [5.74, 6) is 0.724. The van der Waals surface area contributed by atoms with Gasteiger partial charge in [-0.05, 0) is 25.9 Å². The van der Waals surface area contributed by atoms with E-state index in [1.54, 1.807) is 0 Å². The summed E-state index contributed by atoms with van der Waals surface area (Å²) in [4.78, 5) is 2.51. The van der Waals surface area contributed by atoms with Crippen molar-refractivity contribution in [2.45, 2.75) is 25.7 Å². The zero-order valence-corrected chi connectivity index (χ0v) is 10.9. The van der Waals surface area contributed by atoms with Crippen LogP contribution in [0, 0.1) is 0 Å². The Morgan fingerprint density at radius 2 is 1.94 bits per heavy atom. The summed E-state index contributed by atoms with van der Waals surface area (Å²) in [6.07, 6.45) is 5.43. The molecule has 1 N–H and O–H groups in total. The van der Waals surface area contributed by atoms with Crippen molar-refractivity contribution < 1.29 is 0 Å². The van der Waals surface area contributed by atoms with Crippen LogP contribution in [-0.4, -0.2) is 39.8 Å². The van der Waals surface area contributed by atoms with Crippen LogP contribution in [0.4, 0.5) is 5.82 Å². The Labute approximate surface area is 105 Å². The highest BCUT2D eigenvalue weighted by Crippen LogP contribution is 2.17.